The number of carbonyl (C=O) groups excluding carboxylic acids is 2. The van der Waals surface area contributed by atoms with Gasteiger partial charge in [-0.2, -0.15) is 0 Å². The molecule has 0 atom stereocenters. The SMILES string of the molecule is O=C(COC(=O)c1cc(Cl)ccc1O)Nc1ccc2c(c1)CCC2. The molecule has 1 aliphatic rings. The number of benzene rings is 2. The van der Waals surface area contributed by atoms with Crippen LogP contribution in [0.4, 0.5) is 5.69 Å². The molecular formula is C18H16ClNO4. The van der Waals surface area contributed by atoms with Crippen molar-refractivity contribution < 1.29 is 19.4 Å². The third-order valence-corrected chi connectivity index (χ3v) is 4.13. The van der Waals surface area contributed by atoms with Crippen molar-refractivity contribution in [3.63, 3.8) is 0 Å². The van der Waals surface area contributed by atoms with Crippen molar-refractivity contribution in [2.24, 2.45) is 0 Å². The second-order valence-corrected chi connectivity index (χ2v) is 6.06. The number of amides is 1. The number of esters is 1. The molecule has 1 aliphatic carbocycles. The summed E-state index contributed by atoms with van der Waals surface area (Å²) in [6.07, 6.45) is 3.22. The van der Waals surface area contributed by atoms with Crippen LogP contribution < -0.4 is 5.32 Å². The van der Waals surface area contributed by atoms with Crippen LogP contribution in [0.5, 0.6) is 5.75 Å². The van der Waals surface area contributed by atoms with Crippen LogP contribution in [0.1, 0.15) is 27.9 Å². The quantitative estimate of drug-likeness (QED) is 0.833. The molecule has 0 aromatic heterocycles. The number of phenolic OH excluding ortho intramolecular Hbond substituents is 1. The van der Waals surface area contributed by atoms with Gasteiger partial charge in [-0.1, -0.05) is 17.7 Å². The standard InChI is InChI=1S/C18H16ClNO4/c19-13-5-7-16(21)15(9-13)18(23)24-10-17(22)20-14-6-4-11-2-1-3-12(11)8-14/h4-9,21H,1-3,10H2,(H,20,22). The van der Waals surface area contributed by atoms with Crippen LogP contribution in [-0.4, -0.2) is 23.6 Å². The summed E-state index contributed by atoms with van der Waals surface area (Å²) in [4.78, 5) is 23.8. The van der Waals surface area contributed by atoms with E-state index in [1.165, 1.54) is 29.3 Å². The Morgan fingerprint density at radius 1 is 1.12 bits per heavy atom. The maximum Gasteiger partial charge on any atom is 0.342 e. The van der Waals surface area contributed by atoms with Gasteiger partial charge < -0.3 is 15.2 Å². The lowest BCUT2D eigenvalue weighted by Crippen LogP contribution is -2.21. The molecule has 0 aliphatic heterocycles. The second-order valence-electron chi connectivity index (χ2n) is 5.62. The van der Waals surface area contributed by atoms with Gasteiger partial charge in [-0.25, -0.2) is 4.79 Å². The predicted octanol–water partition coefficient (Wildman–Crippen LogP) is 3.33. The number of rotatable bonds is 4. The van der Waals surface area contributed by atoms with Crippen LogP contribution >= 0.6 is 11.6 Å². The predicted molar refractivity (Wildman–Crippen MR) is 90.5 cm³/mol. The van der Waals surface area contributed by atoms with Gasteiger partial charge in [0.15, 0.2) is 6.61 Å². The van der Waals surface area contributed by atoms with Crippen molar-refractivity contribution in [3.8, 4) is 5.75 Å². The van der Waals surface area contributed by atoms with E-state index >= 15 is 0 Å². The average molecular weight is 346 g/mol. The first-order chi connectivity index (χ1) is 11.5. The van der Waals surface area contributed by atoms with Gasteiger partial charge in [-0.3, -0.25) is 4.79 Å². The summed E-state index contributed by atoms with van der Waals surface area (Å²) >= 11 is 5.78. The monoisotopic (exact) mass is 345 g/mol. The fourth-order valence-electron chi connectivity index (χ4n) is 2.73. The van der Waals surface area contributed by atoms with E-state index in [0.717, 1.165) is 19.3 Å². The average Bonchev–Trinajstić information content (AvgIpc) is 3.02. The molecule has 0 saturated heterocycles. The molecule has 6 heteroatoms. The van der Waals surface area contributed by atoms with Gasteiger partial charge in [0, 0.05) is 10.7 Å². The largest absolute Gasteiger partial charge is 0.507 e. The number of ether oxygens (including phenoxy) is 1. The minimum absolute atomic E-state index is 0.0761. The summed E-state index contributed by atoms with van der Waals surface area (Å²) in [6.45, 7) is -0.443. The lowest BCUT2D eigenvalue weighted by atomic mass is 10.1. The van der Waals surface area contributed by atoms with E-state index in [9.17, 15) is 14.7 Å². The number of halogens is 1. The van der Waals surface area contributed by atoms with Crippen molar-refractivity contribution in [2.75, 3.05) is 11.9 Å². The van der Waals surface area contributed by atoms with E-state index < -0.39 is 18.5 Å². The number of anilines is 1. The van der Waals surface area contributed by atoms with Crippen LogP contribution in [0.2, 0.25) is 5.02 Å². The molecule has 2 N–H and O–H groups in total. The third-order valence-electron chi connectivity index (χ3n) is 3.90. The highest BCUT2D eigenvalue weighted by molar-refractivity contribution is 6.31. The molecule has 24 heavy (non-hydrogen) atoms. The van der Waals surface area contributed by atoms with E-state index in [-0.39, 0.29) is 11.3 Å². The Balaban J connectivity index is 1.57. The molecule has 0 saturated carbocycles. The number of carbonyl (C=O) groups is 2. The first-order valence-electron chi connectivity index (χ1n) is 7.60. The van der Waals surface area contributed by atoms with E-state index in [4.69, 9.17) is 16.3 Å². The molecule has 0 fully saturated rings. The zero-order valence-corrected chi connectivity index (χ0v) is 13.6. The fraction of sp³-hybridized carbons (Fsp3) is 0.222. The number of phenols is 1. The first-order valence-corrected chi connectivity index (χ1v) is 7.98. The van der Waals surface area contributed by atoms with Crippen molar-refractivity contribution >= 4 is 29.2 Å². The molecule has 0 heterocycles. The number of hydrogen-bond donors (Lipinski definition) is 2. The summed E-state index contributed by atoms with van der Waals surface area (Å²) in [5.74, 6) is -1.50. The zero-order chi connectivity index (χ0) is 17.1. The van der Waals surface area contributed by atoms with Gasteiger partial charge in [0.05, 0.1) is 0 Å². The number of fused-ring (bicyclic) bond motifs is 1. The molecule has 0 unspecified atom stereocenters. The zero-order valence-electron chi connectivity index (χ0n) is 12.8. The Kier molecular flexibility index (Phi) is 4.71. The van der Waals surface area contributed by atoms with Gasteiger partial charge in [-0.05, 0) is 60.7 Å². The van der Waals surface area contributed by atoms with Gasteiger partial charge in [0.2, 0.25) is 0 Å². The first kappa shape index (κ1) is 16.3. The number of aryl methyl sites for hydroxylation is 2. The Morgan fingerprint density at radius 3 is 2.75 bits per heavy atom. The van der Waals surface area contributed by atoms with Gasteiger partial charge in [0.25, 0.3) is 5.91 Å². The highest BCUT2D eigenvalue weighted by Crippen LogP contribution is 2.25. The number of aromatic hydroxyl groups is 1. The van der Waals surface area contributed by atoms with Crippen LogP contribution in [-0.2, 0) is 22.4 Å². The summed E-state index contributed by atoms with van der Waals surface area (Å²) in [5.41, 5.74) is 3.17. The molecule has 0 bridgehead atoms. The van der Waals surface area contributed by atoms with E-state index in [2.05, 4.69) is 5.32 Å². The smallest absolute Gasteiger partial charge is 0.342 e. The van der Waals surface area contributed by atoms with Gasteiger partial charge >= 0.3 is 5.97 Å². The lowest BCUT2D eigenvalue weighted by molar-refractivity contribution is -0.119. The van der Waals surface area contributed by atoms with Crippen molar-refractivity contribution in [2.45, 2.75) is 19.3 Å². The van der Waals surface area contributed by atoms with Gasteiger partial charge in [0.1, 0.15) is 11.3 Å². The molecule has 0 radical (unpaired) electrons. The Bertz CT molecular complexity index is 804. The summed E-state index contributed by atoms with van der Waals surface area (Å²) in [6, 6.07) is 9.83. The number of hydrogen-bond acceptors (Lipinski definition) is 4. The summed E-state index contributed by atoms with van der Waals surface area (Å²) in [7, 11) is 0. The lowest BCUT2D eigenvalue weighted by Gasteiger charge is -2.09. The summed E-state index contributed by atoms with van der Waals surface area (Å²) in [5, 5.41) is 12.6. The highest BCUT2D eigenvalue weighted by Gasteiger charge is 2.16. The molecular weight excluding hydrogens is 330 g/mol. The molecule has 1 amide bonds. The van der Waals surface area contributed by atoms with Crippen LogP contribution in [0, 0.1) is 0 Å². The molecule has 2 aromatic carbocycles. The van der Waals surface area contributed by atoms with Crippen LogP contribution in [0.15, 0.2) is 36.4 Å². The van der Waals surface area contributed by atoms with E-state index in [0.29, 0.717) is 10.7 Å². The van der Waals surface area contributed by atoms with E-state index in [1.54, 1.807) is 0 Å². The normalized spacial score (nSPS) is 12.5. The molecule has 124 valence electrons. The van der Waals surface area contributed by atoms with Crippen LogP contribution in [0.3, 0.4) is 0 Å². The topological polar surface area (TPSA) is 75.6 Å². The molecule has 2 aromatic rings. The molecule has 0 spiro atoms. The molecule has 3 rings (SSSR count). The van der Waals surface area contributed by atoms with Crippen molar-refractivity contribution in [3.05, 3.63) is 58.1 Å². The minimum Gasteiger partial charge on any atom is -0.507 e. The van der Waals surface area contributed by atoms with Crippen molar-refractivity contribution in [1.29, 1.82) is 0 Å². The second kappa shape index (κ2) is 6.93. The Morgan fingerprint density at radius 2 is 1.92 bits per heavy atom. The van der Waals surface area contributed by atoms with Crippen molar-refractivity contribution in [1.82, 2.24) is 0 Å². The fourth-order valence-corrected chi connectivity index (χ4v) is 2.90. The third kappa shape index (κ3) is 3.68. The summed E-state index contributed by atoms with van der Waals surface area (Å²) < 4.78 is 4.92. The molecule has 5 nitrogen and oxygen atoms in total. The minimum atomic E-state index is -0.806. The maximum absolute atomic E-state index is 11.9. The van der Waals surface area contributed by atoms with E-state index in [1.807, 2.05) is 18.2 Å². The Hall–Kier alpha value is -2.53. The highest BCUT2D eigenvalue weighted by atomic mass is 35.5. The number of nitrogens with one attached hydrogen (secondary N) is 1. The van der Waals surface area contributed by atoms with Crippen LogP contribution in [0.25, 0.3) is 0 Å². The maximum atomic E-state index is 11.9. The Labute approximate surface area is 144 Å². The van der Waals surface area contributed by atoms with Gasteiger partial charge in [-0.15, -0.1) is 0 Å².